The first-order valence-corrected chi connectivity index (χ1v) is 12.5. The lowest BCUT2D eigenvalue weighted by atomic mass is 10.1. The topological polar surface area (TPSA) is 269 Å². The maximum absolute atomic E-state index is 12.0. The lowest BCUT2D eigenvalue weighted by Crippen LogP contribution is -2.54. The van der Waals surface area contributed by atoms with Gasteiger partial charge in [-0.05, 0) is 12.8 Å². The van der Waals surface area contributed by atoms with Crippen LogP contribution in [-0.2, 0) is 67.3 Å². The smallest absolute Gasteiger partial charge is 0.330 e. The van der Waals surface area contributed by atoms with E-state index in [1.807, 2.05) is 13.6 Å². The zero-order valence-corrected chi connectivity index (χ0v) is 22.5. The molecule has 2 aliphatic heterocycles. The fourth-order valence-electron chi connectivity index (χ4n) is 3.02. The van der Waals surface area contributed by atoms with Crippen molar-refractivity contribution in [2.45, 2.75) is 63.5 Å². The predicted octanol–water partition coefficient (Wildman–Crippen LogP) is -3.31. The number of quaternary nitrogens is 2. The summed E-state index contributed by atoms with van der Waals surface area (Å²) in [5.74, 6) is 0.228. The van der Waals surface area contributed by atoms with E-state index in [9.17, 15) is 37.2 Å². The molecule has 2 atom stereocenters. The van der Waals surface area contributed by atoms with E-state index in [4.69, 9.17) is 14.4 Å². The van der Waals surface area contributed by atoms with Crippen LogP contribution in [-0.4, -0.2) is 80.0 Å². The molecule has 18 nitrogen and oxygen atoms in total. The van der Waals surface area contributed by atoms with Gasteiger partial charge < -0.3 is 19.3 Å². The highest BCUT2D eigenvalue weighted by molar-refractivity contribution is 7.88. The second kappa shape index (κ2) is 19.4. The Morgan fingerprint density at radius 1 is 0.821 bits per heavy atom. The molecular formula is C20H34N4O14S+2. The molecular weight excluding hydrogens is 552 g/mol. The Hall–Kier alpha value is -3.65. The summed E-state index contributed by atoms with van der Waals surface area (Å²) in [5.41, 5.74) is 0. The van der Waals surface area contributed by atoms with Gasteiger partial charge in [0, 0.05) is 25.2 Å². The van der Waals surface area contributed by atoms with Gasteiger partial charge in [0.05, 0.1) is 13.5 Å². The quantitative estimate of drug-likeness (QED) is 0.136. The first-order chi connectivity index (χ1) is 18.4. The molecule has 0 radical (unpaired) electrons. The maximum atomic E-state index is 12.0. The number of hydrogen-bond acceptors (Lipinski definition) is 14. The molecule has 0 spiro atoms. The number of amides is 4. The Kier molecular flexibility index (Phi) is 18.7. The van der Waals surface area contributed by atoms with Crippen LogP contribution in [0.25, 0.3) is 0 Å². The molecule has 0 aromatic rings. The summed E-state index contributed by atoms with van der Waals surface area (Å²) in [5, 5.41) is -1.21. The van der Waals surface area contributed by atoms with Crippen LogP contribution in [0.2, 0.25) is 0 Å². The summed E-state index contributed by atoms with van der Waals surface area (Å²) in [6.07, 6.45) is 0.807. The maximum Gasteiger partial charge on any atom is 0.333 e. The number of nitrogens with zero attached hydrogens (tertiary/aromatic N) is 2. The Balaban J connectivity index is 0. The van der Waals surface area contributed by atoms with Crippen molar-refractivity contribution >= 4 is 59.3 Å². The van der Waals surface area contributed by atoms with E-state index in [-0.39, 0.29) is 24.3 Å². The zero-order chi connectivity index (χ0) is 30.8. The molecule has 0 aromatic heterocycles. The van der Waals surface area contributed by atoms with Crippen LogP contribution in [0.3, 0.4) is 0 Å². The van der Waals surface area contributed by atoms with Gasteiger partial charge in [-0.15, -0.1) is 10.1 Å². The number of carbonyl (C=O) groups is 8. The first-order valence-electron chi connectivity index (χ1n) is 11.1. The highest BCUT2D eigenvalue weighted by atomic mass is 32.2. The minimum atomic E-state index is -4.39. The molecule has 0 aliphatic carbocycles. The molecule has 0 bridgehead atoms. The van der Waals surface area contributed by atoms with Crippen molar-refractivity contribution < 1.29 is 77.4 Å². The Labute approximate surface area is 223 Å². The number of imide groups is 2. The van der Waals surface area contributed by atoms with Gasteiger partial charge in [0.1, 0.15) is 13.6 Å². The van der Waals surface area contributed by atoms with Crippen molar-refractivity contribution in [1.29, 1.82) is 0 Å². The third-order valence-corrected chi connectivity index (χ3v) is 6.20. The van der Waals surface area contributed by atoms with Gasteiger partial charge in [-0.2, -0.15) is 14.3 Å². The predicted molar refractivity (Wildman–Crippen MR) is 123 cm³/mol. The van der Waals surface area contributed by atoms with Crippen LogP contribution >= 0.6 is 0 Å². The SMILES string of the molecule is C=O.C=O.CC1CC(=O)N(OC(=O)CCCCCCC(=O)ON2C(=O)CC(S(=O)(=O)O[NH3+])C2=O)C1=O.CO[NH3+]. The molecule has 2 heterocycles. The molecule has 2 unspecified atom stereocenters. The minimum absolute atomic E-state index is 0.00308. The van der Waals surface area contributed by atoms with Crippen LogP contribution < -0.4 is 11.8 Å². The lowest BCUT2D eigenvalue weighted by Gasteiger charge is -2.13. The molecule has 4 amide bonds. The van der Waals surface area contributed by atoms with Crippen molar-refractivity contribution in [2.75, 3.05) is 7.11 Å². The van der Waals surface area contributed by atoms with Crippen LogP contribution in [0.5, 0.6) is 0 Å². The Morgan fingerprint density at radius 3 is 1.56 bits per heavy atom. The summed E-state index contributed by atoms with van der Waals surface area (Å²) in [6.45, 7) is 5.56. The average Bonchev–Trinajstić information content (AvgIpc) is 3.33. The standard InChI is InChI=1S/C17H24N3O11S.CH6NO.2CH2O/c1-10-8-12(21)19(16(10)25)29-14(23)6-4-2-3-5-7-15(24)30-20-13(22)9-11(17(20)26)32(27,28)31-18;1-3-2;2*1-2/h10-11H,2-9H2,1,18H3;1-2H3;2*1H2/q2*+1;;. The summed E-state index contributed by atoms with van der Waals surface area (Å²) < 4.78 is 27.1. The van der Waals surface area contributed by atoms with E-state index >= 15 is 0 Å². The minimum Gasteiger partial charge on any atom is -0.330 e. The highest BCUT2D eigenvalue weighted by Crippen LogP contribution is 2.22. The van der Waals surface area contributed by atoms with Gasteiger partial charge in [0.25, 0.3) is 23.6 Å². The van der Waals surface area contributed by atoms with Crippen molar-refractivity contribution in [3.63, 3.8) is 0 Å². The molecule has 0 saturated carbocycles. The van der Waals surface area contributed by atoms with Crippen LogP contribution in [0.4, 0.5) is 0 Å². The van der Waals surface area contributed by atoms with Gasteiger partial charge >= 0.3 is 22.1 Å². The number of rotatable bonds is 11. The summed E-state index contributed by atoms with van der Waals surface area (Å²) in [7, 11) is -2.88. The van der Waals surface area contributed by atoms with E-state index in [1.165, 1.54) is 7.11 Å². The number of hydroxylamine groups is 4. The monoisotopic (exact) mass is 586 g/mol. The summed E-state index contributed by atoms with van der Waals surface area (Å²) in [4.78, 5) is 100.0. The van der Waals surface area contributed by atoms with Gasteiger partial charge in [-0.3, -0.25) is 19.2 Å². The number of hydrogen-bond donors (Lipinski definition) is 2. The molecule has 2 rings (SSSR count). The Morgan fingerprint density at radius 2 is 1.21 bits per heavy atom. The molecule has 19 heteroatoms. The van der Waals surface area contributed by atoms with Crippen molar-refractivity contribution in [3.05, 3.63) is 0 Å². The average molecular weight is 587 g/mol. The van der Waals surface area contributed by atoms with Crippen molar-refractivity contribution in [2.24, 2.45) is 5.92 Å². The van der Waals surface area contributed by atoms with Gasteiger partial charge in [-0.25, -0.2) is 20.3 Å². The zero-order valence-electron chi connectivity index (χ0n) is 21.7. The molecule has 222 valence electrons. The van der Waals surface area contributed by atoms with Crippen molar-refractivity contribution in [3.8, 4) is 0 Å². The largest absolute Gasteiger partial charge is 0.333 e. The fraction of sp³-hybridized carbons (Fsp3) is 0.600. The van der Waals surface area contributed by atoms with Crippen LogP contribution in [0.1, 0.15) is 58.3 Å². The number of carbonyl (C=O) groups excluding carboxylic acids is 8. The molecule has 2 saturated heterocycles. The third-order valence-electron chi connectivity index (χ3n) is 4.80. The van der Waals surface area contributed by atoms with E-state index in [0.29, 0.717) is 30.7 Å². The molecule has 6 N–H and O–H groups in total. The first kappa shape index (κ1) is 37.5. The molecule has 39 heavy (non-hydrogen) atoms. The van der Waals surface area contributed by atoms with E-state index in [1.54, 1.807) is 6.92 Å². The number of unbranched alkanes of at least 4 members (excludes halogenated alkanes) is 3. The van der Waals surface area contributed by atoms with Crippen LogP contribution in [0, 0.1) is 5.92 Å². The van der Waals surface area contributed by atoms with Crippen molar-refractivity contribution in [1.82, 2.24) is 10.1 Å². The fourth-order valence-corrected chi connectivity index (χ4v) is 3.88. The van der Waals surface area contributed by atoms with E-state index in [2.05, 4.69) is 25.8 Å². The highest BCUT2D eigenvalue weighted by Gasteiger charge is 2.50. The second-order valence-corrected chi connectivity index (χ2v) is 9.38. The lowest BCUT2D eigenvalue weighted by molar-refractivity contribution is -0.679. The van der Waals surface area contributed by atoms with Gasteiger partial charge in [0.2, 0.25) is 0 Å². The Bertz CT molecular complexity index is 971. The molecule has 0 aromatic carbocycles. The third kappa shape index (κ3) is 12.2. The molecule has 2 aliphatic rings. The summed E-state index contributed by atoms with van der Waals surface area (Å²) in [6, 6.07) is 0. The molecule has 2 fully saturated rings. The van der Waals surface area contributed by atoms with E-state index < -0.39 is 63.3 Å². The summed E-state index contributed by atoms with van der Waals surface area (Å²) >= 11 is 0. The van der Waals surface area contributed by atoms with Gasteiger partial charge in [0.15, 0.2) is 5.25 Å². The van der Waals surface area contributed by atoms with Gasteiger partial charge in [-0.1, -0.05) is 24.0 Å². The van der Waals surface area contributed by atoms with Crippen LogP contribution in [0.15, 0.2) is 0 Å². The normalized spacial score (nSPS) is 18.3. The second-order valence-electron chi connectivity index (χ2n) is 7.59. The van der Waals surface area contributed by atoms with E-state index in [0.717, 1.165) is 0 Å².